The fourth-order valence-electron chi connectivity index (χ4n) is 3.76. The average Bonchev–Trinajstić information content (AvgIpc) is 3.15. The van der Waals surface area contributed by atoms with Crippen molar-refractivity contribution in [2.24, 2.45) is 11.8 Å². The molecule has 0 spiro atoms. The molecule has 0 heterocycles. The molecular formula is C20H26N2O3. The van der Waals surface area contributed by atoms with Crippen LogP contribution in [0.3, 0.4) is 0 Å². The minimum absolute atomic E-state index is 0.00842. The largest absolute Gasteiger partial charge is 0.493 e. The lowest BCUT2D eigenvalue weighted by Gasteiger charge is -2.24. The van der Waals surface area contributed by atoms with Gasteiger partial charge < -0.3 is 14.8 Å². The number of hydrogen-bond acceptors (Lipinski definition) is 4. The number of nitrogens with zero attached hydrogens (tertiary/aromatic N) is 1. The maximum Gasteiger partial charge on any atom is 0.227 e. The van der Waals surface area contributed by atoms with Crippen LogP contribution in [-0.4, -0.2) is 19.1 Å². The van der Waals surface area contributed by atoms with Crippen LogP contribution in [-0.2, 0) is 4.79 Å². The topological polar surface area (TPSA) is 71.3 Å². The van der Waals surface area contributed by atoms with E-state index in [0.29, 0.717) is 11.5 Å². The molecule has 0 saturated heterocycles. The molecule has 25 heavy (non-hydrogen) atoms. The zero-order valence-corrected chi connectivity index (χ0v) is 14.8. The number of carbonyl (C=O) groups is 1. The van der Waals surface area contributed by atoms with E-state index < -0.39 is 0 Å². The molecule has 2 saturated carbocycles. The number of carbonyl (C=O) groups excluding carboxylic acids is 1. The molecule has 0 radical (unpaired) electrons. The first-order valence-electron chi connectivity index (χ1n) is 9.24. The Morgan fingerprint density at radius 2 is 1.84 bits per heavy atom. The summed E-state index contributed by atoms with van der Waals surface area (Å²) in [4.78, 5) is 12.5. The number of rotatable bonds is 5. The number of anilines is 1. The number of hydrogen-bond donors (Lipinski definition) is 1. The highest BCUT2D eigenvalue weighted by molar-refractivity contribution is 5.92. The molecule has 3 rings (SSSR count). The Bertz CT molecular complexity index is 639. The van der Waals surface area contributed by atoms with Crippen LogP contribution < -0.4 is 14.8 Å². The van der Waals surface area contributed by atoms with Gasteiger partial charge in [-0.1, -0.05) is 0 Å². The SMILES string of the molecule is COc1ccc(NC(=O)C2CCC(C#N)CC2)cc1OC1CCCC1. The second-order valence-electron chi connectivity index (χ2n) is 7.06. The fourth-order valence-corrected chi connectivity index (χ4v) is 3.76. The number of amides is 1. The molecule has 134 valence electrons. The molecule has 0 aromatic heterocycles. The van der Waals surface area contributed by atoms with Gasteiger partial charge in [0.1, 0.15) is 0 Å². The van der Waals surface area contributed by atoms with Crippen molar-refractivity contribution in [3.05, 3.63) is 18.2 Å². The number of nitrogens with one attached hydrogen (secondary N) is 1. The summed E-state index contributed by atoms with van der Waals surface area (Å²) in [5.74, 6) is 1.52. The maximum atomic E-state index is 12.5. The molecule has 2 aliphatic carbocycles. The Balaban J connectivity index is 1.63. The maximum absolute atomic E-state index is 12.5. The lowest BCUT2D eigenvalue weighted by molar-refractivity contribution is -0.120. The molecule has 0 aliphatic heterocycles. The van der Waals surface area contributed by atoms with E-state index >= 15 is 0 Å². The van der Waals surface area contributed by atoms with Gasteiger partial charge in [-0.3, -0.25) is 4.79 Å². The van der Waals surface area contributed by atoms with Crippen LogP contribution >= 0.6 is 0 Å². The molecule has 2 aliphatic rings. The van der Waals surface area contributed by atoms with Crippen molar-refractivity contribution in [2.45, 2.75) is 57.5 Å². The summed E-state index contributed by atoms with van der Waals surface area (Å²) in [5.41, 5.74) is 0.737. The molecule has 5 heteroatoms. The first kappa shape index (κ1) is 17.6. The second kappa shape index (κ2) is 8.24. The minimum Gasteiger partial charge on any atom is -0.493 e. The molecule has 0 unspecified atom stereocenters. The molecule has 5 nitrogen and oxygen atoms in total. The van der Waals surface area contributed by atoms with Gasteiger partial charge in [0.2, 0.25) is 5.91 Å². The van der Waals surface area contributed by atoms with Gasteiger partial charge in [-0.15, -0.1) is 0 Å². The molecule has 0 atom stereocenters. The van der Waals surface area contributed by atoms with Crippen molar-refractivity contribution >= 4 is 11.6 Å². The predicted octanol–water partition coefficient (Wildman–Crippen LogP) is 4.29. The van der Waals surface area contributed by atoms with E-state index in [0.717, 1.165) is 44.2 Å². The smallest absolute Gasteiger partial charge is 0.227 e. The molecule has 1 amide bonds. The number of nitriles is 1. The summed E-state index contributed by atoms with van der Waals surface area (Å²) in [6.45, 7) is 0. The van der Waals surface area contributed by atoms with Gasteiger partial charge >= 0.3 is 0 Å². The summed E-state index contributed by atoms with van der Waals surface area (Å²) in [6, 6.07) is 7.85. The fraction of sp³-hybridized carbons (Fsp3) is 0.600. The molecule has 1 aromatic carbocycles. The van der Waals surface area contributed by atoms with Crippen LogP contribution in [0.15, 0.2) is 18.2 Å². The Morgan fingerprint density at radius 1 is 1.12 bits per heavy atom. The summed E-state index contributed by atoms with van der Waals surface area (Å²) >= 11 is 0. The average molecular weight is 342 g/mol. The van der Waals surface area contributed by atoms with E-state index in [-0.39, 0.29) is 23.8 Å². The third-order valence-corrected chi connectivity index (χ3v) is 5.31. The van der Waals surface area contributed by atoms with E-state index in [1.54, 1.807) is 7.11 Å². The number of ether oxygens (including phenoxy) is 2. The standard InChI is InChI=1S/C20H26N2O3/c1-24-18-11-10-16(12-19(18)25-17-4-2-3-5-17)22-20(23)15-8-6-14(13-21)7-9-15/h10-12,14-15,17H,2-9H2,1H3,(H,22,23). The summed E-state index contributed by atoms with van der Waals surface area (Å²) in [7, 11) is 1.63. The summed E-state index contributed by atoms with van der Waals surface area (Å²) in [6.07, 6.45) is 7.98. The third kappa shape index (κ3) is 4.45. The Labute approximate surface area is 149 Å². The zero-order valence-electron chi connectivity index (χ0n) is 14.8. The summed E-state index contributed by atoms with van der Waals surface area (Å²) in [5, 5.41) is 12.0. The second-order valence-corrected chi connectivity index (χ2v) is 7.06. The van der Waals surface area contributed by atoms with E-state index in [4.69, 9.17) is 14.7 Å². The number of benzene rings is 1. The first-order chi connectivity index (χ1) is 12.2. The van der Waals surface area contributed by atoms with Crippen LogP contribution in [0.25, 0.3) is 0 Å². The van der Waals surface area contributed by atoms with Gasteiger partial charge in [0.15, 0.2) is 11.5 Å². The molecule has 0 bridgehead atoms. The summed E-state index contributed by atoms with van der Waals surface area (Å²) < 4.78 is 11.5. The number of methoxy groups -OCH3 is 1. The van der Waals surface area contributed by atoms with Gasteiger partial charge in [-0.2, -0.15) is 5.26 Å². The lowest BCUT2D eigenvalue weighted by atomic mass is 9.82. The van der Waals surface area contributed by atoms with Crippen molar-refractivity contribution in [2.75, 3.05) is 12.4 Å². The van der Waals surface area contributed by atoms with Crippen molar-refractivity contribution in [3.63, 3.8) is 0 Å². The van der Waals surface area contributed by atoms with Crippen LogP contribution in [0.4, 0.5) is 5.69 Å². The van der Waals surface area contributed by atoms with Gasteiger partial charge in [0, 0.05) is 23.6 Å². The molecular weight excluding hydrogens is 316 g/mol. The quantitative estimate of drug-likeness (QED) is 0.866. The van der Waals surface area contributed by atoms with Crippen LogP contribution in [0, 0.1) is 23.2 Å². The van der Waals surface area contributed by atoms with Crippen molar-refractivity contribution in [3.8, 4) is 17.6 Å². The van der Waals surface area contributed by atoms with Crippen molar-refractivity contribution < 1.29 is 14.3 Å². The molecule has 1 aromatic rings. The Hall–Kier alpha value is -2.22. The normalized spacial score (nSPS) is 23.7. The highest BCUT2D eigenvalue weighted by atomic mass is 16.5. The highest BCUT2D eigenvalue weighted by Crippen LogP contribution is 2.35. The lowest BCUT2D eigenvalue weighted by Crippen LogP contribution is -2.26. The monoisotopic (exact) mass is 342 g/mol. The van der Waals surface area contributed by atoms with E-state index in [9.17, 15) is 4.79 Å². The van der Waals surface area contributed by atoms with Gasteiger partial charge in [0.25, 0.3) is 0 Å². The van der Waals surface area contributed by atoms with Gasteiger partial charge in [0.05, 0.1) is 19.3 Å². The van der Waals surface area contributed by atoms with Crippen LogP contribution in [0.5, 0.6) is 11.5 Å². The van der Waals surface area contributed by atoms with Crippen molar-refractivity contribution in [1.29, 1.82) is 5.26 Å². The van der Waals surface area contributed by atoms with E-state index in [1.165, 1.54) is 12.8 Å². The van der Waals surface area contributed by atoms with Gasteiger partial charge in [-0.25, -0.2) is 0 Å². The van der Waals surface area contributed by atoms with E-state index in [1.807, 2.05) is 18.2 Å². The highest BCUT2D eigenvalue weighted by Gasteiger charge is 2.26. The van der Waals surface area contributed by atoms with E-state index in [2.05, 4.69) is 11.4 Å². The molecule has 1 N–H and O–H groups in total. The zero-order chi connectivity index (χ0) is 17.6. The predicted molar refractivity (Wildman–Crippen MR) is 95.6 cm³/mol. The van der Waals surface area contributed by atoms with Crippen LogP contribution in [0.1, 0.15) is 51.4 Å². The minimum atomic E-state index is -0.00842. The Kier molecular flexibility index (Phi) is 5.80. The van der Waals surface area contributed by atoms with Crippen LogP contribution in [0.2, 0.25) is 0 Å². The first-order valence-corrected chi connectivity index (χ1v) is 9.24. The van der Waals surface area contributed by atoms with Crippen molar-refractivity contribution in [1.82, 2.24) is 0 Å². The van der Waals surface area contributed by atoms with Gasteiger partial charge in [-0.05, 0) is 63.5 Å². The molecule has 2 fully saturated rings. The third-order valence-electron chi connectivity index (χ3n) is 5.31. The Morgan fingerprint density at radius 3 is 2.48 bits per heavy atom.